The quantitative estimate of drug-likeness (QED) is 0.629. The van der Waals surface area contributed by atoms with Gasteiger partial charge in [-0.1, -0.05) is 48.5 Å². The second-order valence-electron chi connectivity index (χ2n) is 8.89. The molecule has 1 saturated heterocycles. The standard InChI is InChI=1S/C26H32N4O2S/c1-29(2)16-14-27-25(32)23-21-13-15-30(17-19-9-5-3-6-10-19)18-22(21)33-26(23)28-24(31)20-11-7-4-8-12-20/h3-12,21-22H,13-18H2,1-2H3,(H,27,32)(H,28,31). The van der Waals surface area contributed by atoms with Crippen molar-refractivity contribution >= 4 is 23.6 Å². The fourth-order valence-electron chi connectivity index (χ4n) is 4.42. The third-order valence-corrected chi connectivity index (χ3v) is 7.47. The average molecular weight is 465 g/mol. The molecule has 2 N–H and O–H groups in total. The maximum absolute atomic E-state index is 13.2. The van der Waals surface area contributed by atoms with Crippen LogP contribution in [-0.2, 0) is 11.3 Å². The van der Waals surface area contributed by atoms with Crippen molar-refractivity contribution in [1.29, 1.82) is 0 Å². The molecule has 2 heterocycles. The monoisotopic (exact) mass is 464 g/mol. The molecule has 0 bridgehead atoms. The number of fused-ring (bicyclic) bond motifs is 1. The van der Waals surface area contributed by atoms with Gasteiger partial charge in [0.25, 0.3) is 5.91 Å². The lowest BCUT2D eigenvalue weighted by atomic mass is 9.88. The second-order valence-corrected chi connectivity index (χ2v) is 10.1. The number of piperidine rings is 1. The van der Waals surface area contributed by atoms with E-state index in [1.807, 2.05) is 43.3 Å². The number of rotatable bonds is 8. The first-order valence-electron chi connectivity index (χ1n) is 11.5. The van der Waals surface area contributed by atoms with E-state index in [9.17, 15) is 9.59 Å². The van der Waals surface area contributed by atoms with E-state index in [0.29, 0.717) is 17.1 Å². The number of carbonyl (C=O) groups excluding carboxylic acids is 2. The molecule has 33 heavy (non-hydrogen) atoms. The van der Waals surface area contributed by atoms with Crippen LogP contribution >= 0.6 is 11.8 Å². The van der Waals surface area contributed by atoms with Gasteiger partial charge in [0.2, 0.25) is 5.91 Å². The Labute approximate surface area is 200 Å². The maximum Gasteiger partial charge on any atom is 0.256 e. The number of hydrogen-bond acceptors (Lipinski definition) is 5. The predicted octanol–water partition coefficient (Wildman–Crippen LogP) is 2.94. The van der Waals surface area contributed by atoms with Crippen LogP contribution in [0.1, 0.15) is 22.3 Å². The van der Waals surface area contributed by atoms with Crippen molar-refractivity contribution in [2.24, 2.45) is 5.92 Å². The number of hydrogen-bond donors (Lipinski definition) is 2. The normalized spacial score (nSPS) is 20.6. The van der Waals surface area contributed by atoms with Crippen LogP contribution in [0.15, 0.2) is 71.3 Å². The third-order valence-electron chi connectivity index (χ3n) is 6.13. The topological polar surface area (TPSA) is 64.7 Å². The Bertz CT molecular complexity index is 994. The van der Waals surface area contributed by atoms with Crippen LogP contribution in [0.5, 0.6) is 0 Å². The number of carbonyl (C=O) groups is 2. The average Bonchev–Trinajstić information content (AvgIpc) is 3.17. The van der Waals surface area contributed by atoms with Gasteiger partial charge in [-0.2, -0.15) is 0 Å². The predicted molar refractivity (Wildman–Crippen MR) is 134 cm³/mol. The first-order valence-corrected chi connectivity index (χ1v) is 12.4. The second kappa shape index (κ2) is 11.0. The summed E-state index contributed by atoms with van der Waals surface area (Å²) < 4.78 is 0. The van der Waals surface area contributed by atoms with E-state index in [4.69, 9.17) is 0 Å². The fraction of sp³-hybridized carbons (Fsp3) is 0.385. The summed E-state index contributed by atoms with van der Waals surface area (Å²) in [7, 11) is 3.97. The number of nitrogens with zero attached hydrogens (tertiary/aromatic N) is 2. The van der Waals surface area contributed by atoms with Gasteiger partial charge in [0.15, 0.2) is 0 Å². The molecule has 0 aliphatic carbocycles. The summed E-state index contributed by atoms with van der Waals surface area (Å²) in [6, 6.07) is 19.7. The molecule has 1 fully saturated rings. The summed E-state index contributed by atoms with van der Waals surface area (Å²) in [6.45, 7) is 4.09. The van der Waals surface area contributed by atoms with Crippen LogP contribution in [-0.4, -0.2) is 67.1 Å². The zero-order valence-electron chi connectivity index (χ0n) is 19.3. The highest BCUT2D eigenvalue weighted by atomic mass is 32.2. The maximum atomic E-state index is 13.2. The number of thioether (sulfide) groups is 1. The van der Waals surface area contributed by atoms with Crippen LogP contribution in [0.2, 0.25) is 0 Å². The largest absolute Gasteiger partial charge is 0.351 e. The van der Waals surface area contributed by atoms with Crippen LogP contribution in [0.3, 0.4) is 0 Å². The molecule has 174 valence electrons. The first-order chi connectivity index (χ1) is 16.0. The van der Waals surface area contributed by atoms with Crippen molar-refractivity contribution < 1.29 is 9.59 Å². The number of likely N-dealkylation sites (tertiary alicyclic amines) is 1. The number of benzene rings is 2. The molecule has 0 radical (unpaired) electrons. The van der Waals surface area contributed by atoms with Gasteiger partial charge in [-0.25, -0.2) is 0 Å². The van der Waals surface area contributed by atoms with E-state index in [1.54, 1.807) is 23.9 Å². The van der Waals surface area contributed by atoms with Crippen molar-refractivity contribution in [3.8, 4) is 0 Å². The fourth-order valence-corrected chi connectivity index (χ4v) is 5.97. The lowest BCUT2D eigenvalue weighted by molar-refractivity contribution is -0.118. The van der Waals surface area contributed by atoms with Crippen LogP contribution < -0.4 is 10.6 Å². The third kappa shape index (κ3) is 6.05. The SMILES string of the molecule is CN(C)CCNC(=O)C1=C(NC(=O)c2ccccc2)SC2CN(Cc3ccccc3)CCC12. The van der Waals surface area contributed by atoms with E-state index >= 15 is 0 Å². The van der Waals surface area contributed by atoms with E-state index in [0.717, 1.165) is 38.2 Å². The molecule has 0 spiro atoms. The molecule has 2 aliphatic heterocycles. The summed E-state index contributed by atoms with van der Waals surface area (Å²) >= 11 is 1.64. The Morgan fingerprint density at radius 3 is 2.42 bits per heavy atom. The Hall–Kier alpha value is -2.61. The van der Waals surface area contributed by atoms with Crippen LogP contribution in [0.25, 0.3) is 0 Å². The van der Waals surface area contributed by atoms with Gasteiger partial charge in [0.05, 0.1) is 10.6 Å². The molecule has 2 amide bonds. The smallest absolute Gasteiger partial charge is 0.256 e. The highest BCUT2D eigenvalue weighted by molar-refractivity contribution is 8.04. The van der Waals surface area contributed by atoms with Crippen LogP contribution in [0, 0.1) is 5.92 Å². The van der Waals surface area contributed by atoms with E-state index in [-0.39, 0.29) is 23.0 Å². The highest BCUT2D eigenvalue weighted by Crippen LogP contribution is 2.45. The summed E-state index contributed by atoms with van der Waals surface area (Å²) in [5.41, 5.74) is 2.64. The molecule has 2 aromatic carbocycles. The number of likely N-dealkylation sites (N-methyl/N-ethyl adjacent to an activating group) is 1. The zero-order valence-corrected chi connectivity index (χ0v) is 20.1. The van der Waals surface area contributed by atoms with Gasteiger partial charge in [-0.05, 0) is 44.8 Å². The number of amides is 2. The molecular weight excluding hydrogens is 432 g/mol. The lowest BCUT2D eigenvalue weighted by Gasteiger charge is -2.35. The minimum absolute atomic E-state index is 0.0586. The number of nitrogens with one attached hydrogen (secondary N) is 2. The minimum atomic E-state index is -0.170. The summed E-state index contributed by atoms with van der Waals surface area (Å²) in [5.74, 6) is -0.0827. The summed E-state index contributed by atoms with van der Waals surface area (Å²) in [6.07, 6.45) is 0.908. The minimum Gasteiger partial charge on any atom is -0.351 e. The molecule has 4 rings (SSSR count). The lowest BCUT2D eigenvalue weighted by Crippen LogP contribution is -2.43. The Balaban J connectivity index is 1.49. The van der Waals surface area contributed by atoms with Gasteiger partial charge in [-0.3, -0.25) is 14.5 Å². The van der Waals surface area contributed by atoms with Gasteiger partial charge < -0.3 is 15.5 Å². The molecule has 2 atom stereocenters. The van der Waals surface area contributed by atoms with Gasteiger partial charge in [0, 0.05) is 42.9 Å². The van der Waals surface area contributed by atoms with Gasteiger partial charge >= 0.3 is 0 Å². The Kier molecular flexibility index (Phi) is 7.85. The molecule has 2 aromatic rings. The molecule has 7 heteroatoms. The van der Waals surface area contributed by atoms with E-state index < -0.39 is 0 Å². The molecule has 2 unspecified atom stereocenters. The Morgan fingerprint density at radius 2 is 1.73 bits per heavy atom. The zero-order chi connectivity index (χ0) is 23.2. The summed E-state index contributed by atoms with van der Waals surface area (Å²) in [5, 5.41) is 7.09. The highest BCUT2D eigenvalue weighted by Gasteiger charge is 2.42. The Morgan fingerprint density at radius 1 is 1.03 bits per heavy atom. The van der Waals surface area contributed by atoms with Crippen molar-refractivity contribution in [2.75, 3.05) is 40.3 Å². The van der Waals surface area contributed by atoms with Crippen LogP contribution in [0.4, 0.5) is 0 Å². The van der Waals surface area contributed by atoms with Gasteiger partial charge in [0.1, 0.15) is 0 Å². The molecule has 2 aliphatic rings. The summed E-state index contributed by atoms with van der Waals surface area (Å²) in [4.78, 5) is 30.6. The van der Waals surface area contributed by atoms with Crippen molar-refractivity contribution in [2.45, 2.75) is 18.2 Å². The first kappa shape index (κ1) is 23.5. The molecule has 0 saturated carbocycles. The van der Waals surface area contributed by atoms with Crippen molar-refractivity contribution in [3.63, 3.8) is 0 Å². The molecule has 0 aromatic heterocycles. The van der Waals surface area contributed by atoms with Crippen molar-refractivity contribution in [3.05, 3.63) is 82.4 Å². The van der Waals surface area contributed by atoms with Crippen molar-refractivity contribution in [1.82, 2.24) is 20.4 Å². The van der Waals surface area contributed by atoms with E-state index in [1.165, 1.54) is 5.56 Å². The molecule has 6 nitrogen and oxygen atoms in total. The molecular formula is C26H32N4O2S. The van der Waals surface area contributed by atoms with E-state index in [2.05, 4.69) is 39.8 Å². The van der Waals surface area contributed by atoms with Gasteiger partial charge in [-0.15, -0.1) is 11.8 Å².